The van der Waals surface area contributed by atoms with Gasteiger partial charge in [-0.1, -0.05) is 0 Å². The van der Waals surface area contributed by atoms with Crippen LogP contribution in [0.4, 0.5) is 0 Å². The summed E-state index contributed by atoms with van der Waals surface area (Å²) in [6, 6.07) is 2.23. The summed E-state index contributed by atoms with van der Waals surface area (Å²) in [5.41, 5.74) is 1.52. The molecule has 10 heavy (non-hydrogen) atoms. The number of thiophene rings is 1. The van der Waals surface area contributed by atoms with E-state index >= 15 is 0 Å². The highest BCUT2D eigenvalue weighted by molar-refractivity contribution is 7.10. The Morgan fingerprint density at radius 1 is 1.60 bits per heavy atom. The predicted molar refractivity (Wildman–Crippen MR) is 42.9 cm³/mol. The van der Waals surface area contributed by atoms with Crippen LogP contribution >= 0.6 is 11.3 Å². The van der Waals surface area contributed by atoms with Crippen LogP contribution < -0.4 is 4.90 Å². The molecule has 1 N–H and O–H groups in total. The zero-order valence-electron chi connectivity index (χ0n) is 5.89. The van der Waals surface area contributed by atoms with Crippen LogP contribution in [0, 0.1) is 7.05 Å². The van der Waals surface area contributed by atoms with Gasteiger partial charge in [0.1, 0.15) is 0 Å². The van der Waals surface area contributed by atoms with Gasteiger partial charge >= 0.3 is 0 Å². The summed E-state index contributed by atoms with van der Waals surface area (Å²) in [5, 5.41) is 2.18. The number of hydrogen-bond acceptors (Lipinski definition) is 1. The maximum absolute atomic E-state index is 4.00. The molecule has 0 aromatic carbocycles. The van der Waals surface area contributed by atoms with Crippen molar-refractivity contribution in [3.63, 3.8) is 0 Å². The third-order valence-electron chi connectivity index (χ3n) is 1.98. The molecule has 0 saturated carbocycles. The van der Waals surface area contributed by atoms with E-state index in [9.17, 15) is 0 Å². The Bertz CT molecular complexity index is 229. The molecule has 1 atom stereocenters. The zero-order chi connectivity index (χ0) is 6.97. The van der Waals surface area contributed by atoms with E-state index in [4.69, 9.17) is 0 Å². The molecule has 0 saturated heterocycles. The summed E-state index contributed by atoms with van der Waals surface area (Å²) >= 11 is 1.89. The first-order valence-electron chi connectivity index (χ1n) is 3.58. The van der Waals surface area contributed by atoms with Crippen molar-refractivity contribution in [1.82, 2.24) is 0 Å². The first-order valence-corrected chi connectivity index (χ1v) is 4.46. The lowest BCUT2D eigenvalue weighted by atomic mass is 10.1. The zero-order valence-corrected chi connectivity index (χ0v) is 6.71. The van der Waals surface area contributed by atoms with Gasteiger partial charge in [0.05, 0.1) is 13.1 Å². The van der Waals surface area contributed by atoms with Crippen LogP contribution in [0.2, 0.25) is 0 Å². The number of rotatable bonds is 0. The lowest BCUT2D eigenvalue weighted by Crippen LogP contribution is -3.06. The lowest BCUT2D eigenvalue weighted by molar-refractivity contribution is -0.870. The van der Waals surface area contributed by atoms with E-state index in [1.54, 1.807) is 4.88 Å². The Balaban J connectivity index is 2.30. The third-order valence-corrected chi connectivity index (χ3v) is 3.01. The highest BCUT2D eigenvalue weighted by Gasteiger charge is 2.13. The van der Waals surface area contributed by atoms with Crippen molar-refractivity contribution >= 4 is 11.3 Å². The quantitative estimate of drug-likeness (QED) is 0.517. The maximum Gasteiger partial charge on any atom is 0.0799 e. The SMILES string of the molecule is [CH2-][NH+]1CCc2sccc2C1. The Labute approximate surface area is 65.3 Å². The fourth-order valence-corrected chi connectivity index (χ4v) is 2.30. The van der Waals surface area contributed by atoms with Crippen LogP contribution in [0.5, 0.6) is 0 Å². The standard InChI is InChI=1S/C8H11NS/c1-9-4-2-8-7(6-9)3-5-10-8/h3,5,9H,1-2,4,6H2. The van der Waals surface area contributed by atoms with Crippen molar-refractivity contribution in [2.75, 3.05) is 6.54 Å². The fraction of sp³-hybridized carbons (Fsp3) is 0.375. The van der Waals surface area contributed by atoms with Gasteiger partial charge in [0.25, 0.3) is 0 Å². The molecule has 1 nitrogen and oxygen atoms in total. The average Bonchev–Trinajstić information content (AvgIpc) is 2.33. The van der Waals surface area contributed by atoms with Crippen molar-refractivity contribution in [1.29, 1.82) is 0 Å². The van der Waals surface area contributed by atoms with Gasteiger partial charge < -0.3 is 4.90 Å². The Morgan fingerprint density at radius 3 is 3.40 bits per heavy atom. The number of fused-ring (bicyclic) bond motifs is 1. The van der Waals surface area contributed by atoms with E-state index in [0.29, 0.717) is 0 Å². The summed E-state index contributed by atoms with van der Waals surface area (Å²) in [5.74, 6) is 0. The average molecular weight is 153 g/mol. The molecule has 0 aliphatic carbocycles. The second-order valence-electron chi connectivity index (χ2n) is 2.80. The molecule has 2 heteroatoms. The molecule has 0 spiro atoms. The minimum absolute atomic E-state index is 1.12. The second-order valence-corrected chi connectivity index (χ2v) is 3.80. The molecule has 0 fully saturated rings. The van der Waals surface area contributed by atoms with Crippen molar-refractivity contribution in [3.05, 3.63) is 28.9 Å². The van der Waals surface area contributed by atoms with Crippen LogP contribution in [0.1, 0.15) is 10.4 Å². The van der Waals surface area contributed by atoms with E-state index in [2.05, 4.69) is 18.5 Å². The monoisotopic (exact) mass is 153 g/mol. The van der Waals surface area contributed by atoms with Gasteiger partial charge in [-0.15, -0.1) is 11.3 Å². The molecule has 1 aliphatic rings. The highest BCUT2D eigenvalue weighted by Crippen LogP contribution is 2.17. The molecule has 1 aromatic rings. The summed E-state index contributed by atoms with van der Waals surface area (Å²) in [6.45, 7) is 2.33. The third kappa shape index (κ3) is 0.976. The van der Waals surface area contributed by atoms with Crippen molar-refractivity contribution in [3.8, 4) is 0 Å². The smallest absolute Gasteiger partial charge is 0.0799 e. The largest absolute Gasteiger partial charge is 0.464 e. The molecule has 2 rings (SSSR count). The Kier molecular flexibility index (Phi) is 1.51. The van der Waals surface area contributed by atoms with Crippen LogP contribution in [0.3, 0.4) is 0 Å². The van der Waals surface area contributed by atoms with Crippen LogP contribution in [-0.4, -0.2) is 6.54 Å². The molecule has 54 valence electrons. The summed E-state index contributed by atoms with van der Waals surface area (Å²) in [7, 11) is 4.00. The van der Waals surface area contributed by atoms with Gasteiger partial charge in [0.2, 0.25) is 0 Å². The van der Waals surface area contributed by atoms with Gasteiger partial charge in [-0.3, -0.25) is 0 Å². The lowest BCUT2D eigenvalue weighted by Gasteiger charge is -2.25. The second kappa shape index (κ2) is 2.36. The fourth-order valence-electron chi connectivity index (χ4n) is 1.39. The van der Waals surface area contributed by atoms with E-state index in [1.165, 1.54) is 23.4 Å². The normalized spacial score (nSPS) is 24.3. The summed E-state index contributed by atoms with van der Waals surface area (Å²) < 4.78 is 0. The minimum Gasteiger partial charge on any atom is -0.464 e. The van der Waals surface area contributed by atoms with Crippen LogP contribution in [-0.2, 0) is 13.0 Å². The highest BCUT2D eigenvalue weighted by atomic mass is 32.1. The van der Waals surface area contributed by atoms with E-state index in [-0.39, 0.29) is 0 Å². The van der Waals surface area contributed by atoms with E-state index < -0.39 is 0 Å². The molecule has 1 unspecified atom stereocenters. The minimum atomic E-state index is 1.12. The molecule has 2 heterocycles. The molecule has 0 radical (unpaired) electrons. The molecule has 1 aromatic heterocycles. The number of quaternary nitrogens is 1. The summed E-state index contributed by atoms with van der Waals surface area (Å²) in [6.07, 6.45) is 1.23. The molecule has 0 bridgehead atoms. The van der Waals surface area contributed by atoms with E-state index in [0.717, 1.165) is 6.54 Å². The Morgan fingerprint density at radius 2 is 2.50 bits per heavy atom. The van der Waals surface area contributed by atoms with Gasteiger partial charge in [0.15, 0.2) is 0 Å². The maximum atomic E-state index is 4.00. The number of nitrogens with one attached hydrogen (secondary N) is 1. The van der Waals surface area contributed by atoms with Gasteiger partial charge in [-0.05, 0) is 11.4 Å². The number of hydrogen-bond donors (Lipinski definition) is 1. The van der Waals surface area contributed by atoms with Gasteiger partial charge in [-0.2, -0.15) is 7.05 Å². The Hall–Kier alpha value is -0.340. The van der Waals surface area contributed by atoms with Gasteiger partial charge in [-0.25, -0.2) is 0 Å². The van der Waals surface area contributed by atoms with Crippen molar-refractivity contribution < 1.29 is 4.90 Å². The van der Waals surface area contributed by atoms with E-state index in [1.807, 2.05) is 11.3 Å². The van der Waals surface area contributed by atoms with Gasteiger partial charge in [0, 0.05) is 16.9 Å². The first-order chi connectivity index (χ1) is 4.86. The molecule has 0 amide bonds. The molecular formula is C8H11NS. The topological polar surface area (TPSA) is 4.44 Å². The molecule has 1 aliphatic heterocycles. The summed E-state index contributed by atoms with van der Waals surface area (Å²) in [4.78, 5) is 2.97. The predicted octanol–water partition coefficient (Wildman–Crippen LogP) is 0.481. The first kappa shape index (κ1) is 6.38. The van der Waals surface area contributed by atoms with Crippen molar-refractivity contribution in [2.24, 2.45) is 0 Å². The molecular weight excluding hydrogens is 142 g/mol. The van der Waals surface area contributed by atoms with Crippen molar-refractivity contribution in [2.45, 2.75) is 13.0 Å². The van der Waals surface area contributed by atoms with Crippen LogP contribution in [0.15, 0.2) is 11.4 Å². The van der Waals surface area contributed by atoms with Crippen LogP contribution in [0.25, 0.3) is 0 Å².